The third kappa shape index (κ3) is 4.33. The van der Waals surface area contributed by atoms with Crippen molar-refractivity contribution in [2.45, 2.75) is 32.2 Å². The lowest BCUT2D eigenvalue weighted by Crippen LogP contribution is -2.41. The van der Waals surface area contributed by atoms with Crippen LogP contribution >= 0.6 is 0 Å². The Labute approximate surface area is 158 Å². The van der Waals surface area contributed by atoms with Gasteiger partial charge in [-0.05, 0) is 32.3 Å². The largest absolute Gasteiger partial charge is 0.497 e. The van der Waals surface area contributed by atoms with Gasteiger partial charge >= 0.3 is 0 Å². The lowest BCUT2D eigenvalue weighted by Gasteiger charge is -2.22. The van der Waals surface area contributed by atoms with E-state index < -0.39 is 0 Å². The second-order valence-corrected chi connectivity index (χ2v) is 6.74. The van der Waals surface area contributed by atoms with Crippen LogP contribution < -0.4 is 15.0 Å². The van der Waals surface area contributed by atoms with Gasteiger partial charge in [0.1, 0.15) is 17.3 Å². The molecule has 1 amide bonds. The molecule has 2 heterocycles. The van der Waals surface area contributed by atoms with Crippen LogP contribution in [0, 0.1) is 0 Å². The first-order valence-electron chi connectivity index (χ1n) is 9.03. The Balaban J connectivity index is 1.90. The van der Waals surface area contributed by atoms with Crippen molar-refractivity contribution in [3.63, 3.8) is 0 Å². The number of aliphatic hydroxyl groups excluding tert-OH is 1. The number of carbonyl (C=O) groups excluding carboxylic acids is 1. The number of amides is 1. The summed E-state index contributed by atoms with van der Waals surface area (Å²) >= 11 is 0. The molecule has 27 heavy (non-hydrogen) atoms. The predicted octanol–water partition coefficient (Wildman–Crippen LogP) is 0.969. The predicted molar refractivity (Wildman–Crippen MR) is 102 cm³/mol. The van der Waals surface area contributed by atoms with Crippen LogP contribution in [0.3, 0.4) is 0 Å². The molecule has 0 aliphatic heterocycles. The van der Waals surface area contributed by atoms with Gasteiger partial charge in [0.2, 0.25) is 5.91 Å². The van der Waals surface area contributed by atoms with Crippen LogP contribution in [0.1, 0.15) is 24.6 Å². The molecule has 2 aromatic rings. The van der Waals surface area contributed by atoms with Crippen LogP contribution in [0.15, 0.2) is 18.3 Å². The quantitative estimate of drug-likeness (QED) is 0.748. The zero-order valence-electron chi connectivity index (χ0n) is 15.9. The smallest absolute Gasteiger partial charge is 0.239 e. The van der Waals surface area contributed by atoms with E-state index >= 15 is 0 Å². The number of hydrogen-bond donors (Lipinski definition) is 2. The molecule has 0 spiro atoms. The summed E-state index contributed by atoms with van der Waals surface area (Å²) in [5, 5.41) is 11.9. The average Bonchev–Trinajstić information content (AvgIpc) is 3.15. The van der Waals surface area contributed by atoms with Gasteiger partial charge in [0.15, 0.2) is 5.82 Å². The number of nitrogens with one attached hydrogen (secondary N) is 1. The molecule has 2 aromatic heterocycles. The molecule has 1 atom stereocenters. The standard InChI is InChI=1S/C19H25N5O3/c1-12(11-25)21-17(26)10-24(2)19-14-5-4-6-15(14)22-18(23-19)16-9-13(27-3)7-8-20-16/h7-9,12,25H,4-6,10-11H2,1-3H3,(H,21,26). The highest BCUT2D eigenvalue weighted by atomic mass is 16.5. The van der Waals surface area contributed by atoms with Gasteiger partial charge in [-0.25, -0.2) is 9.97 Å². The van der Waals surface area contributed by atoms with Gasteiger partial charge in [0.25, 0.3) is 0 Å². The summed E-state index contributed by atoms with van der Waals surface area (Å²) in [6.45, 7) is 1.82. The molecule has 0 bridgehead atoms. The number of ether oxygens (including phenoxy) is 1. The molecule has 144 valence electrons. The maximum Gasteiger partial charge on any atom is 0.239 e. The molecule has 2 N–H and O–H groups in total. The summed E-state index contributed by atoms with van der Waals surface area (Å²) in [6, 6.07) is 3.30. The molecule has 1 unspecified atom stereocenters. The van der Waals surface area contributed by atoms with Gasteiger partial charge in [0.05, 0.1) is 20.3 Å². The molecule has 1 aliphatic carbocycles. The summed E-state index contributed by atoms with van der Waals surface area (Å²) < 4.78 is 5.27. The number of hydrogen-bond acceptors (Lipinski definition) is 7. The minimum atomic E-state index is -0.279. The zero-order chi connectivity index (χ0) is 19.4. The first-order chi connectivity index (χ1) is 13.0. The van der Waals surface area contributed by atoms with E-state index in [1.54, 1.807) is 32.4 Å². The number of aliphatic hydroxyl groups is 1. The number of fused-ring (bicyclic) bond motifs is 1. The summed E-state index contributed by atoms with van der Waals surface area (Å²) in [4.78, 5) is 27.8. The van der Waals surface area contributed by atoms with Crippen molar-refractivity contribution in [3.8, 4) is 17.3 Å². The lowest BCUT2D eigenvalue weighted by atomic mass is 10.2. The second-order valence-electron chi connectivity index (χ2n) is 6.74. The summed E-state index contributed by atoms with van der Waals surface area (Å²) in [6.07, 6.45) is 4.48. The van der Waals surface area contributed by atoms with Gasteiger partial charge in [-0.1, -0.05) is 0 Å². The van der Waals surface area contributed by atoms with Crippen molar-refractivity contribution >= 4 is 11.7 Å². The van der Waals surface area contributed by atoms with E-state index in [2.05, 4.69) is 10.3 Å². The van der Waals surface area contributed by atoms with E-state index in [1.165, 1.54) is 0 Å². The highest BCUT2D eigenvalue weighted by Crippen LogP contribution is 2.31. The average molecular weight is 371 g/mol. The Morgan fingerprint density at radius 2 is 2.22 bits per heavy atom. The number of methoxy groups -OCH3 is 1. The Morgan fingerprint density at radius 3 is 2.96 bits per heavy atom. The van der Waals surface area contributed by atoms with Gasteiger partial charge < -0.3 is 20.1 Å². The van der Waals surface area contributed by atoms with Crippen molar-refractivity contribution in [1.29, 1.82) is 0 Å². The van der Waals surface area contributed by atoms with E-state index in [-0.39, 0.29) is 25.1 Å². The summed E-state index contributed by atoms with van der Waals surface area (Å²) in [7, 11) is 3.45. The fourth-order valence-electron chi connectivity index (χ4n) is 3.16. The number of nitrogens with zero attached hydrogens (tertiary/aromatic N) is 4. The van der Waals surface area contributed by atoms with Crippen LogP contribution in [-0.4, -0.2) is 59.3 Å². The van der Waals surface area contributed by atoms with Crippen molar-refractivity contribution in [2.75, 3.05) is 32.2 Å². The third-order valence-corrected chi connectivity index (χ3v) is 4.53. The molecule has 0 aromatic carbocycles. The van der Waals surface area contributed by atoms with E-state index in [0.29, 0.717) is 17.3 Å². The van der Waals surface area contributed by atoms with Gasteiger partial charge in [-0.2, -0.15) is 0 Å². The summed E-state index contributed by atoms with van der Waals surface area (Å²) in [5.41, 5.74) is 2.74. The topological polar surface area (TPSA) is 100 Å². The molecule has 3 rings (SSSR count). The van der Waals surface area contributed by atoms with Gasteiger partial charge in [-0.15, -0.1) is 0 Å². The normalized spacial score (nSPS) is 13.8. The van der Waals surface area contributed by atoms with Gasteiger partial charge in [-0.3, -0.25) is 9.78 Å². The number of pyridine rings is 1. The van der Waals surface area contributed by atoms with Crippen LogP contribution in [0.5, 0.6) is 5.75 Å². The fourth-order valence-corrected chi connectivity index (χ4v) is 3.16. The van der Waals surface area contributed by atoms with E-state index in [1.807, 2.05) is 11.9 Å². The first-order valence-corrected chi connectivity index (χ1v) is 9.03. The number of aryl methyl sites for hydroxylation is 1. The van der Waals surface area contributed by atoms with Crippen molar-refractivity contribution in [2.24, 2.45) is 0 Å². The van der Waals surface area contributed by atoms with E-state index in [9.17, 15) is 4.79 Å². The molecule has 1 aliphatic rings. The summed E-state index contributed by atoms with van der Waals surface area (Å²) in [5.74, 6) is 1.81. The lowest BCUT2D eigenvalue weighted by molar-refractivity contribution is -0.120. The molecule has 8 heteroatoms. The molecule has 8 nitrogen and oxygen atoms in total. The second kappa shape index (κ2) is 8.30. The zero-order valence-corrected chi connectivity index (χ0v) is 15.9. The molecule has 0 radical (unpaired) electrons. The van der Waals surface area contributed by atoms with Gasteiger partial charge in [0, 0.05) is 36.6 Å². The maximum atomic E-state index is 12.2. The van der Waals surface area contributed by atoms with Crippen LogP contribution in [0.4, 0.5) is 5.82 Å². The number of likely N-dealkylation sites (N-methyl/N-ethyl adjacent to an activating group) is 1. The minimum Gasteiger partial charge on any atom is -0.497 e. The highest BCUT2D eigenvalue weighted by Gasteiger charge is 2.23. The van der Waals surface area contributed by atoms with E-state index in [0.717, 1.165) is 36.3 Å². The SMILES string of the molecule is COc1ccnc(-c2nc3c(c(N(C)CC(=O)NC(C)CO)n2)CCC3)c1. The van der Waals surface area contributed by atoms with Crippen molar-refractivity contribution in [1.82, 2.24) is 20.3 Å². The third-order valence-electron chi connectivity index (χ3n) is 4.53. The first kappa shape index (κ1) is 19.0. The number of anilines is 1. The molecule has 0 saturated heterocycles. The molecule has 0 fully saturated rings. The number of rotatable bonds is 7. The number of carbonyl (C=O) groups is 1. The Morgan fingerprint density at radius 1 is 1.41 bits per heavy atom. The van der Waals surface area contributed by atoms with Crippen LogP contribution in [-0.2, 0) is 17.6 Å². The number of aromatic nitrogens is 3. The van der Waals surface area contributed by atoms with E-state index in [4.69, 9.17) is 19.8 Å². The molecular formula is C19H25N5O3. The highest BCUT2D eigenvalue weighted by molar-refractivity contribution is 5.81. The van der Waals surface area contributed by atoms with Crippen molar-refractivity contribution < 1.29 is 14.6 Å². The minimum absolute atomic E-state index is 0.0932. The maximum absolute atomic E-state index is 12.2. The van der Waals surface area contributed by atoms with Crippen LogP contribution in [0.25, 0.3) is 11.5 Å². The molecule has 0 saturated carbocycles. The Hall–Kier alpha value is -2.74. The van der Waals surface area contributed by atoms with Crippen molar-refractivity contribution in [3.05, 3.63) is 29.6 Å². The molecular weight excluding hydrogens is 346 g/mol. The Kier molecular flexibility index (Phi) is 5.85. The monoisotopic (exact) mass is 371 g/mol. The Bertz CT molecular complexity index is 827. The fraction of sp³-hybridized carbons (Fsp3) is 0.474. The van der Waals surface area contributed by atoms with Crippen LogP contribution in [0.2, 0.25) is 0 Å².